The third-order valence-electron chi connectivity index (χ3n) is 4.67. The van der Waals surface area contributed by atoms with Crippen LogP contribution in [0.1, 0.15) is 35.2 Å². The van der Waals surface area contributed by atoms with Gasteiger partial charge in [0.05, 0.1) is 12.7 Å². The van der Waals surface area contributed by atoms with Crippen LogP contribution in [0.3, 0.4) is 0 Å². The molecule has 6 heteroatoms. The zero-order chi connectivity index (χ0) is 19.8. The number of methoxy groups -OCH3 is 1. The summed E-state index contributed by atoms with van der Waals surface area (Å²) in [6.07, 6.45) is 3.14. The van der Waals surface area contributed by atoms with Gasteiger partial charge in [-0.25, -0.2) is 4.79 Å². The molecule has 1 saturated heterocycles. The highest BCUT2D eigenvalue weighted by Gasteiger charge is 2.19. The second kappa shape index (κ2) is 9.78. The van der Waals surface area contributed by atoms with Crippen LogP contribution < -0.4 is 9.47 Å². The number of benzene rings is 2. The number of likely N-dealkylation sites (tertiary alicyclic amines) is 1. The molecule has 0 radical (unpaired) electrons. The number of carbonyl (C=O) groups is 2. The summed E-state index contributed by atoms with van der Waals surface area (Å²) in [5.74, 6) is 0.265. The lowest BCUT2D eigenvalue weighted by Crippen LogP contribution is -2.38. The van der Waals surface area contributed by atoms with Crippen molar-refractivity contribution in [1.29, 1.82) is 0 Å². The predicted octanol–water partition coefficient (Wildman–Crippen LogP) is 3.44. The Morgan fingerprint density at radius 3 is 2.43 bits per heavy atom. The molecular weight excluding hydrogens is 358 g/mol. The van der Waals surface area contributed by atoms with Crippen LogP contribution >= 0.6 is 0 Å². The normalized spacial score (nSPS) is 13.7. The molecule has 0 saturated carbocycles. The maximum atomic E-state index is 12.3. The molecule has 1 heterocycles. The van der Waals surface area contributed by atoms with Gasteiger partial charge in [0.25, 0.3) is 5.91 Å². The molecule has 0 aromatic heterocycles. The van der Waals surface area contributed by atoms with Crippen LogP contribution in [0.15, 0.2) is 48.5 Å². The van der Waals surface area contributed by atoms with Gasteiger partial charge in [0.15, 0.2) is 18.1 Å². The van der Waals surface area contributed by atoms with E-state index in [0.717, 1.165) is 37.9 Å². The first-order valence-electron chi connectivity index (χ1n) is 9.47. The van der Waals surface area contributed by atoms with Crippen molar-refractivity contribution in [2.24, 2.45) is 0 Å². The predicted molar refractivity (Wildman–Crippen MR) is 104 cm³/mol. The molecule has 6 nitrogen and oxygen atoms in total. The number of hydrogen-bond donors (Lipinski definition) is 0. The third kappa shape index (κ3) is 5.25. The van der Waals surface area contributed by atoms with Crippen molar-refractivity contribution in [2.75, 3.05) is 26.8 Å². The van der Waals surface area contributed by atoms with Crippen LogP contribution in [0.4, 0.5) is 0 Å². The highest BCUT2D eigenvalue weighted by Crippen LogP contribution is 2.29. The van der Waals surface area contributed by atoms with Crippen molar-refractivity contribution in [3.05, 3.63) is 59.7 Å². The van der Waals surface area contributed by atoms with Crippen molar-refractivity contribution in [1.82, 2.24) is 4.90 Å². The number of rotatable bonds is 7. The van der Waals surface area contributed by atoms with Gasteiger partial charge in [-0.3, -0.25) is 4.79 Å². The van der Waals surface area contributed by atoms with Crippen LogP contribution in [0, 0.1) is 0 Å². The van der Waals surface area contributed by atoms with Gasteiger partial charge in [-0.1, -0.05) is 30.3 Å². The topological polar surface area (TPSA) is 65.1 Å². The lowest BCUT2D eigenvalue weighted by atomic mass is 10.1. The second-order valence-corrected chi connectivity index (χ2v) is 6.66. The van der Waals surface area contributed by atoms with E-state index in [-0.39, 0.29) is 12.5 Å². The van der Waals surface area contributed by atoms with Crippen LogP contribution in [-0.4, -0.2) is 43.6 Å². The Morgan fingerprint density at radius 1 is 0.964 bits per heavy atom. The highest BCUT2D eigenvalue weighted by atomic mass is 16.5. The van der Waals surface area contributed by atoms with E-state index in [1.807, 2.05) is 30.3 Å². The summed E-state index contributed by atoms with van der Waals surface area (Å²) in [4.78, 5) is 26.2. The first-order chi connectivity index (χ1) is 13.7. The zero-order valence-corrected chi connectivity index (χ0v) is 16.1. The molecule has 1 aliphatic heterocycles. The molecule has 0 spiro atoms. The van der Waals surface area contributed by atoms with Gasteiger partial charge in [0, 0.05) is 13.1 Å². The summed E-state index contributed by atoms with van der Waals surface area (Å²) in [7, 11) is 1.51. The minimum Gasteiger partial charge on any atom is -0.493 e. The van der Waals surface area contributed by atoms with Crippen LogP contribution in [0.2, 0.25) is 0 Å². The first kappa shape index (κ1) is 19.7. The molecule has 3 rings (SSSR count). The monoisotopic (exact) mass is 383 g/mol. The summed E-state index contributed by atoms with van der Waals surface area (Å²) < 4.78 is 16.3. The van der Waals surface area contributed by atoms with E-state index in [2.05, 4.69) is 0 Å². The summed E-state index contributed by atoms with van der Waals surface area (Å²) in [5.41, 5.74) is 1.35. The molecule has 148 valence electrons. The Balaban J connectivity index is 1.57. The van der Waals surface area contributed by atoms with E-state index in [1.54, 1.807) is 23.1 Å². The lowest BCUT2D eigenvalue weighted by molar-refractivity contribution is -0.135. The SMILES string of the molecule is COc1cc(C(=O)OCC(=O)N2CCCCC2)ccc1OCc1ccccc1. The number of amides is 1. The number of ether oxygens (including phenoxy) is 3. The number of esters is 1. The van der Waals surface area contributed by atoms with Crippen molar-refractivity contribution >= 4 is 11.9 Å². The smallest absolute Gasteiger partial charge is 0.338 e. The van der Waals surface area contributed by atoms with Crippen molar-refractivity contribution in [3.8, 4) is 11.5 Å². The largest absolute Gasteiger partial charge is 0.493 e. The fourth-order valence-electron chi connectivity index (χ4n) is 3.09. The average molecular weight is 383 g/mol. The van der Waals surface area contributed by atoms with Gasteiger partial charge >= 0.3 is 5.97 Å². The van der Waals surface area contributed by atoms with Gasteiger partial charge < -0.3 is 19.1 Å². The number of carbonyl (C=O) groups excluding carboxylic acids is 2. The molecule has 0 N–H and O–H groups in total. The summed E-state index contributed by atoms with van der Waals surface area (Å²) in [6.45, 7) is 1.62. The fraction of sp³-hybridized carbons (Fsp3) is 0.364. The van der Waals surface area contributed by atoms with E-state index < -0.39 is 5.97 Å². The second-order valence-electron chi connectivity index (χ2n) is 6.66. The molecule has 28 heavy (non-hydrogen) atoms. The molecule has 0 bridgehead atoms. The van der Waals surface area contributed by atoms with Gasteiger partial charge in [-0.2, -0.15) is 0 Å². The third-order valence-corrected chi connectivity index (χ3v) is 4.67. The maximum Gasteiger partial charge on any atom is 0.338 e. The van der Waals surface area contributed by atoms with Gasteiger partial charge in [-0.15, -0.1) is 0 Å². The van der Waals surface area contributed by atoms with Crippen LogP contribution in [0.5, 0.6) is 11.5 Å². The molecule has 1 fully saturated rings. The van der Waals surface area contributed by atoms with Crippen molar-refractivity contribution in [2.45, 2.75) is 25.9 Å². The first-order valence-corrected chi connectivity index (χ1v) is 9.47. The zero-order valence-electron chi connectivity index (χ0n) is 16.1. The molecule has 0 atom stereocenters. The molecule has 2 aromatic rings. The minimum atomic E-state index is -0.557. The van der Waals surface area contributed by atoms with Crippen molar-refractivity contribution in [3.63, 3.8) is 0 Å². The summed E-state index contributed by atoms with van der Waals surface area (Å²) in [6, 6.07) is 14.6. The molecule has 0 aliphatic carbocycles. The Kier molecular flexibility index (Phi) is 6.89. The van der Waals surface area contributed by atoms with E-state index in [9.17, 15) is 9.59 Å². The standard InChI is InChI=1S/C22H25NO5/c1-26-20-14-18(10-11-19(20)27-15-17-8-4-2-5-9-17)22(25)28-16-21(24)23-12-6-3-7-13-23/h2,4-5,8-11,14H,3,6-7,12-13,15-16H2,1H3. The number of nitrogens with zero attached hydrogens (tertiary/aromatic N) is 1. The van der Waals surface area contributed by atoms with E-state index >= 15 is 0 Å². The number of piperidine rings is 1. The van der Waals surface area contributed by atoms with E-state index in [0.29, 0.717) is 23.7 Å². The lowest BCUT2D eigenvalue weighted by Gasteiger charge is -2.26. The molecule has 1 aliphatic rings. The van der Waals surface area contributed by atoms with E-state index in [4.69, 9.17) is 14.2 Å². The summed E-state index contributed by atoms with van der Waals surface area (Å²) in [5, 5.41) is 0. The fourth-order valence-corrected chi connectivity index (χ4v) is 3.09. The molecule has 1 amide bonds. The Labute approximate surface area is 165 Å². The van der Waals surface area contributed by atoms with Crippen molar-refractivity contribution < 1.29 is 23.8 Å². The minimum absolute atomic E-state index is 0.150. The Hall–Kier alpha value is -3.02. The van der Waals surface area contributed by atoms with Crippen LogP contribution in [0.25, 0.3) is 0 Å². The van der Waals surface area contributed by atoms with Gasteiger partial charge in [0.1, 0.15) is 6.61 Å². The Morgan fingerprint density at radius 2 is 1.71 bits per heavy atom. The molecule has 0 unspecified atom stereocenters. The quantitative estimate of drug-likeness (QED) is 0.685. The maximum absolute atomic E-state index is 12.3. The Bertz CT molecular complexity index is 800. The van der Waals surface area contributed by atoms with Gasteiger partial charge in [-0.05, 0) is 43.0 Å². The van der Waals surface area contributed by atoms with Crippen LogP contribution in [-0.2, 0) is 16.1 Å². The van der Waals surface area contributed by atoms with E-state index in [1.165, 1.54) is 7.11 Å². The molecular formula is C22H25NO5. The number of hydrogen-bond acceptors (Lipinski definition) is 5. The van der Waals surface area contributed by atoms with Gasteiger partial charge in [0.2, 0.25) is 0 Å². The summed E-state index contributed by atoms with van der Waals surface area (Å²) >= 11 is 0. The highest BCUT2D eigenvalue weighted by molar-refractivity contribution is 5.92. The average Bonchev–Trinajstić information content (AvgIpc) is 2.77. The molecule has 2 aromatic carbocycles.